The van der Waals surface area contributed by atoms with Gasteiger partial charge in [0.15, 0.2) is 0 Å². The number of carbonyl (C=O) groups excluding carboxylic acids is 2. The number of hydrogen-bond acceptors (Lipinski definition) is 4. The molecule has 0 aromatic heterocycles. The quantitative estimate of drug-likeness (QED) is 0.789. The summed E-state index contributed by atoms with van der Waals surface area (Å²) in [4.78, 5) is 23.6. The minimum absolute atomic E-state index is 0.0180. The number of phenols is 1. The Labute approximate surface area is 111 Å². The van der Waals surface area contributed by atoms with Crippen LogP contribution < -0.4 is 5.32 Å². The summed E-state index contributed by atoms with van der Waals surface area (Å²) in [5, 5.41) is 12.0. The molecule has 1 aliphatic carbocycles. The number of phenolic OH excluding ortho intramolecular Hbond substituents is 1. The molecular formula is C14H17NO4. The number of rotatable bonds is 5. The number of hydrogen-bond donors (Lipinski definition) is 2. The predicted octanol–water partition coefficient (Wildman–Crippen LogP) is 1.46. The van der Waals surface area contributed by atoms with Crippen LogP contribution in [0.4, 0.5) is 0 Å². The zero-order valence-electron chi connectivity index (χ0n) is 10.8. The fourth-order valence-electron chi connectivity index (χ4n) is 1.93. The van der Waals surface area contributed by atoms with E-state index >= 15 is 0 Å². The average molecular weight is 263 g/mol. The number of carbonyl (C=O) groups is 2. The van der Waals surface area contributed by atoms with Crippen LogP contribution >= 0.6 is 0 Å². The molecule has 1 atom stereocenters. The Hall–Kier alpha value is -2.04. The zero-order chi connectivity index (χ0) is 13.8. The van der Waals surface area contributed by atoms with Gasteiger partial charge in [-0.15, -0.1) is 0 Å². The van der Waals surface area contributed by atoms with Gasteiger partial charge >= 0.3 is 5.97 Å². The molecule has 5 nitrogen and oxygen atoms in total. The van der Waals surface area contributed by atoms with Crippen LogP contribution in [0.5, 0.6) is 5.75 Å². The highest BCUT2D eigenvalue weighted by Crippen LogP contribution is 2.33. The third-order valence-electron chi connectivity index (χ3n) is 3.17. The molecule has 0 saturated heterocycles. The molecule has 19 heavy (non-hydrogen) atoms. The SMILES string of the molecule is COC(=O)[C@@H](CC1CC1)NC(=O)c1cccc(O)c1. The molecule has 2 N–H and O–H groups in total. The first-order chi connectivity index (χ1) is 9.10. The molecule has 0 spiro atoms. The van der Waals surface area contributed by atoms with Gasteiger partial charge in [0.05, 0.1) is 7.11 Å². The molecule has 2 rings (SSSR count). The lowest BCUT2D eigenvalue weighted by molar-refractivity contribution is -0.143. The lowest BCUT2D eigenvalue weighted by atomic mass is 10.1. The number of ether oxygens (including phenoxy) is 1. The molecule has 5 heteroatoms. The van der Waals surface area contributed by atoms with Gasteiger partial charge in [0.25, 0.3) is 5.91 Å². The normalized spacial score (nSPS) is 15.6. The van der Waals surface area contributed by atoms with Gasteiger partial charge < -0.3 is 15.2 Å². The average Bonchev–Trinajstić information content (AvgIpc) is 3.21. The van der Waals surface area contributed by atoms with E-state index < -0.39 is 12.0 Å². The Morgan fingerprint density at radius 1 is 1.47 bits per heavy atom. The molecule has 0 aliphatic heterocycles. The van der Waals surface area contributed by atoms with Gasteiger partial charge in [-0.25, -0.2) is 4.79 Å². The van der Waals surface area contributed by atoms with Crippen molar-refractivity contribution in [2.45, 2.75) is 25.3 Å². The van der Waals surface area contributed by atoms with Crippen LogP contribution in [0.2, 0.25) is 0 Å². The van der Waals surface area contributed by atoms with E-state index in [0.717, 1.165) is 12.8 Å². The van der Waals surface area contributed by atoms with Gasteiger partial charge in [0, 0.05) is 5.56 Å². The first kappa shape index (κ1) is 13.4. The molecule has 0 bridgehead atoms. The minimum atomic E-state index is -0.618. The van der Waals surface area contributed by atoms with Crippen molar-refractivity contribution in [3.05, 3.63) is 29.8 Å². The van der Waals surface area contributed by atoms with E-state index in [1.54, 1.807) is 12.1 Å². The molecule has 1 aromatic rings. The van der Waals surface area contributed by atoms with Crippen LogP contribution in [0.25, 0.3) is 0 Å². The van der Waals surface area contributed by atoms with E-state index in [-0.39, 0.29) is 11.7 Å². The summed E-state index contributed by atoms with van der Waals surface area (Å²) in [6, 6.07) is 5.39. The molecular weight excluding hydrogens is 246 g/mol. The summed E-state index contributed by atoms with van der Waals surface area (Å²) in [5.41, 5.74) is 0.324. The maximum atomic E-state index is 12.0. The second kappa shape index (κ2) is 5.73. The predicted molar refractivity (Wildman–Crippen MR) is 68.7 cm³/mol. The maximum absolute atomic E-state index is 12.0. The van der Waals surface area contributed by atoms with E-state index in [0.29, 0.717) is 17.9 Å². The summed E-state index contributed by atoms with van der Waals surface area (Å²) in [6.45, 7) is 0. The number of amides is 1. The molecule has 1 fully saturated rings. The van der Waals surface area contributed by atoms with Crippen molar-refractivity contribution < 1.29 is 19.4 Å². The minimum Gasteiger partial charge on any atom is -0.508 e. The van der Waals surface area contributed by atoms with Crippen LogP contribution in [-0.4, -0.2) is 30.1 Å². The van der Waals surface area contributed by atoms with Crippen molar-refractivity contribution in [2.24, 2.45) is 5.92 Å². The van der Waals surface area contributed by atoms with E-state index in [1.807, 2.05) is 0 Å². The number of benzene rings is 1. The lowest BCUT2D eigenvalue weighted by Crippen LogP contribution is -2.41. The smallest absolute Gasteiger partial charge is 0.328 e. The van der Waals surface area contributed by atoms with Crippen molar-refractivity contribution in [3.8, 4) is 5.75 Å². The molecule has 1 aliphatic rings. The van der Waals surface area contributed by atoms with E-state index in [4.69, 9.17) is 4.74 Å². The maximum Gasteiger partial charge on any atom is 0.328 e. The largest absolute Gasteiger partial charge is 0.508 e. The van der Waals surface area contributed by atoms with E-state index in [1.165, 1.54) is 19.2 Å². The molecule has 0 heterocycles. The highest BCUT2D eigenvalue weighted by atomic mass is 16.5. The highest BCUT2D eigenvalue weighted by Gasteiger charge is 2.31. The first-order valence-corrected chi connectivity index (χ1v) is 6.28. The highest BCUT2D eigenvalue weighted by molar-refractivity contribution is 5.97. The molecule has 102 valence electrons. The van der Waals surface area contributed by atoms with Crippen molar-refractivity contribution >= 4 is 11.9 Å². The summed E-state index contributed by atoms with van der Waals surface area (Å²) < 4.78 is 4.70. The third-order valence-corrected chi connectivity index (χ3v) is 3.17. The molecule has 0 radical (unpaired) electrons. The second-order valence-corrected chi connectivity index (χ2v) is 4.78. The second-order valence-electron chi connectivity index (χ2n) is 4.78. The lowest BCUT2D eigenvalue weighted by Gasteiger charge is -2.16. The van der Waals surface area contributed by atoms with Gasteiger partial charge in [-0.1, -0.05) is 18.9 Å². The monoisotopic (exact) mass is 263 g/mol. The zero-order valence-corrected chi connectivity index (χ0v) is 10.8. The molecule has 1 aromatic carbocycles. The number of aromatic hydroxyl groups is 1. The fourth-order valence-corrected chi connectivity index (χ4v) is 1.93. The van der Waals surface area contributed by atoms with Crippen LogP contribution in [0.1, 0.15) is 29.6 Å². The van der Waals surface area contributed by atoms with Crippen molar-refractivity contribution in [2.75, 3.05) is 7.11 Å². The Morgan fingerprint density at radius 2 is 2.21 bits per heavy atom. The Morgan fingerprint density at radius 3 is 2.79 bits per heavy atom. The van der Waals surface area contributed by atoms with E-state index in [9.17, 15) is 14.7 Å². The number of esters is 1. The molecule has 0 unspecified atom stereocenters. The standard InChI is InChI=1S/C14H17NO4/c1-19-14(18)12(7-9-5-6-9)15-13(17)10-3-2-4-11(16)8-10/h2-4,8-9,12,16H,5-7H2,1H3,(H,15,17)/t12-/m1/s1. The van der Waals surface area contributed by atoms with Crippen molar-refractivity contribution in [1.82, 2.24) is 5.32 Å². The third kappa shape index (κ3) is 3.71. The number of methoxy groups -OCH3 is 1. The summed E-state index contributed by atoms with van der Waals surface area (Å²) in [6.07, 6.45) is 2.79. The van der Waals surface area contributed by atoms with Crippen LogP contribution in [0.15, 0.2) is 24.3 Å². The van der Waals surface area contributed by atoms with Gasteiger partial charge in [-0.2, -0.15) is 0 Å². The fraction of sp³-hybridized carbons (Fsp3) is 0.429. The first-order valence-electron chi connectivity index (χ1n) is 6.28. The Bertz CT molecular complexity index is 482. The van der Waals surface area contributed by atoms with Gasteiger partial charge in [0.2, 0.25) is 0 Å². The van der Waals surface area contributed by atoms with Crippen LogP contribution in [-0.2, 0) is 9.53 Å². The summed E-state index contributed by atoms with van der Waals surface area (Å²) in [7, 11) is 1.31. The van der Waals surface area contributed by atoms with Crippen LogP contribution in [0.3, 0.4) is 0 Å². The molecule has 1 saturated carbocycles. The van der Waals surface area contributed by atoms with E-state index in [2.05, 4.69) is 5.32 Å². The van der Waals surface area contributed by atoms with Gasteiger partial charge in [0.1, 0.15) is 11.8 Å². The van der Waals surface area contributed by atoms with Gasteiger partial charge in [-0.3, -0.25) is 4.79 Å². The molecule has 1 amide bonds. The van der Waals surface area contributed by atoms with Crippen molar-refractivity contribution in [1.29, 1.82) is 0 Å². The topological polar surface area (TPSA) is 75.6 Å². The number of nitrogens with one attached hydrogen (secondary N) is 1. The Kier molecular flexibility index (Phi) is 4.04. The Balaban J connectivity index is 2.03. The summed E-state index contributed by atoms with van der Waals surface area (Å²) >= 11 is 0. The van der Waals surface area contributed by atoms with Crippen LogP contribution in [0, 0.1) is 5.92 Å². The van der Waals surface area contributed by atoms with Gasteiger partial charge in [-0.05, 0) is 30.5 Å². The summed E-state index contributed by atoms with van der Waals surface area (Å²) in [5.74, 6) is -0.301. The van der Waals surface area contributed by atoms with Crippen molar-refractivity contribution in [3.63, 3.8) is 0 Å².